The third-order valence-electron chi connectivity index (χ3n) is 3.84. The summed E-state index contributed by atoms with van der Waals surface area (Å²) in [6, 6.07) is 0.912. The molecule has 0 amide bonds. The molecule has 0 aliphatic carbocycles. The Kier molecular flexibility index (Phi) is 2.41. The molecular formula is C12H17N3O. The van der Waals surface area contributed by atoms with E-state index < -0.39 is 5.60 Å². The number of hydrogen-bond acceptors (Lipinski definition) is 4. The molecule has 2 aliphatic heterocycles. The van der Waals surface area contributed by atoms with E-state index in [0.717, 1.165) is 18.4 Å². The third-order valence-corrected chi connectivity index (χ3v) is 3.84. The second-order valence-electron chi connectivity index (χ2n) is 5.06. The van der Waals surface area contributed by atoms with Crippen LogP contribution >= 0.6 is 0 Å². The predicted molar refractivity (Wildman–Crippen MR) is 59.7 cm³/mol. The highest BCUT2D eigenvalue weighted by molar-refractivity contribution is 5.17. The lowest BCUT2D eigenvalue weighted by Crippen LogP contribution is -2.54. The first kappa shape index (κ1) is 10.2. The number of hydrogen-bond donors (Lipinski definition) is 2. The fourth-order valence-corrected chi connectivity index (χ4v) is 3.11. The van der Waals surface area contributed by atoms with Crippen molar-refractivity contribution in [1.82, 2.24) is 15.3 Å². The summed E-state index contributed by atoms with van der Waals surface area (Å²) in [4.78, 5) is 8.01. The van der Waals surface area contributed by atoms with Crippen molar-refractivity contribution in [1.29, 1.82) is 0 Å². The van der Waals surface area contributed by atoms with E-state index in [1.54, 1.807) is 12.4 Å². The molecule has 0 spiro atoms. The van der Waals surface area contributed by atoms with Crippen LogP contribution in [0.15, 0.2) is 18.7 Å². The van der Waals surface area contributed by atoms with E-state index in [1.165, 1.54) is 25.6 Å². The number of rotatable bonds is 1. The molecule has 4 heteroatoms. The van der Waals surface area contributed by atoms with Gasteiger partial charge in [-0.3, -0.25) is 0 Å². The smallest absolute Gasteiger partial charge is 0.115 e. The van der Waals surface area contributed by atoms with Gasteiger partial charge >= 0.3 is 0 Å². The highest BCUT2D eigenvalue weighted by Gasteiger charge is 2.41. The molecule has 2 unspecified atom stereocenters. The highest BCUT2D eigenvalue weighted by Crippen LogP contribution is 2.38. The zero-order valence-electron chi connectivity index (χ0n) is 9.26. The lowest BCUT2D eigenvalue weighted by molar-refractivity contribution is -0.0363. The summed E-state index contributed by atoms with van der Waals surface area (Å²) in [6.07, 6.45) is 10.2. The largest absolute Gasteiger partial charge is 0.385 e. The Hall–Kier alpha value is -1.00. The SMILES string of the molecule is OC1(c2cncnc2)CC2CCCC(C1)N2. The van der Waals surface area contributed by atoms with Crippen LogP contribution in [0.3, 0.4) is 0 Å². The number of aliphatic hydroxyl groups is 1. The summed E-state index contributed by atoms with van der Waals surface area (Å²) >= 11 is 0. The van der Waals surface area contributed by atoms with Gasteiger partial charge in [0.15, 0.2) is 0 Å². The van der Waals surface area contributed by atoms with Crippen LogP contribution in [0.5, 0.6) is 0 Å². The molecule has 2 fully saturated rings. The zero-order valence-corrected chi connectivity index (χ0v) is 9.26. The fourth-order valence-electron chi connectivity index (χ4n) is 3.11. The minimum Gasteiger partial charge on any atom is -0.385 e. The average Bonchev–Trinajstić information content (AvgIpc) is 2.29. The topological polar surface area (TPSA) is 58.0 Å². The molecule has 16 heavy (non-hydrogen) atoms. The normalized spacial score (nSPS) is 38.3. The van der Waals surface area contributed by atoms with Gasteiger partial charge in [0.1, 0.15) is 6.33 Å². The van der Waals surface area contributed by atoms with Gasteiger partial charge in [-0.2, -0.15) is 0 Å². The van der Waals surface area contributed by atoms with E-state index in [0.29, 0.717) is 12.1 Å². The van der Waals surface area contributed by atoms with Crippen molar-refractivity contribution in [3.8, 4) is 0 Å². The molecule has 4 nitrogen and oxygen atoms in total. The van der Waals surface area contributed by atoms with Crippen LogP contribution in [0, 0.1) is 0 Å². The maximum absolute atomic E-state index is 10.7. The lowest BCUT2D eigenvalue weighted by atomic mass is 9.74. The summed E-state index contributed by atoms with van der Waals surface area (Å²) in [5.41, 5.74) is 0.149. The molecule has 0 radical (unpaired) electrons. The standard InChI is InChI=1S/C12H17N3O/c16-12(9-6-13-8-14-7-9)4-10-2-1-3-11(5-12)15-10/h6-8,10-11,15-16H,1-5H2. The third kappa shape index (κ3) is 1.72. The van der Waals surface area contributed by atoms with Gasteiger partial charge < -0.3 is 10.4 Å². The molecule has 86 valence electrons. The summed E-state index contributed by atoms with van der Waals surface area (Å²) in [6.45, 7) is 0. The molecule has 2 atom stereocenters. The Bertz CT molecular complexity index is 356. The molecule has 2 bridgehead atoms. The molecule has 2 N–H and O–H groups in total. The molecule has 0 aromatic carbocycles. The summed E-state index contributed by atoms with van der Waals surface area (Å²) in [7, 11) is 0. The second-order valence-corrected chi connectivity index (χ2v) is 5.06. The van der Waals surface area contributed by atoms with Crippen molar-refractivity contribution in [3.63, 3.8) is 0 Å². The van der Waals surface area contributed by atoms with Crippen LogP contribution in [0.2, 0.25) is 0 Å². The zero-order chi connectivity index (χ0) is 11.0. The highest BCUT2D eigenvalue weighted by atomic mass is 16.3. The molecule has 3 rings (SSSR count). The lowest BCUT2D eigenvalue weighted by Gasteiger charge is -2.45. The Morgan fingerprint density at radius 1 is 1.19 bits per heavy atom. The first-order valence-electron chi connectivity index (χ1n) is 6.00. The Labute approximate surface area is 95.1 Å². The molecule has 1 aromatic heterocycles. The molecule has 3 heterocycles. The number of aromatic nitrogens is 2. The van der Waals surface area contributed by atoms with Crippen LogP contribution in [0.4, 0.5) is 0 Å². The van der Waals surface area contributed by atoms with Crippen molar-refractivity contribution in [2.45, 2.75) is 49.8 Å². The van der Waals surface area contributed by atoms with Crippen LogP contribution in [0.25, 0.3) is 0 Å². The van der Waals surface area contributed by atoms with Gasteiger partial charge in [-0.25, -0.2) is 9.97 Å². The monoisotopic (exact) mass is 219 g/mol. The Morgan fingerprint density at radius 2 is 1.81 bits per heavy atom. The number of nitrogens with zero attached hydrogens (tertiary/aromatic N) is 2. The molecular weight excluding hydrogens is 202 g/mol. The van der Waals surface area contributed by atoms with E-state index >= 15 is 0 Å². The molecule has 2 aliphatic rings. The van der Waals surface area contributed by atoms with Gasteiger partial charge in [-0.15, -0.1) is 0 Å². The van der Waals surface area contributed by atoms with E-state index in [-0.39, 0.29) is 0 Å². The minimum absolute atomic E-state index is 0.456. The average molecular weight is 219 g/mol. The van der Waals surface area contributed by atoms with Gasteiger partial charge in [0.2, 0.25) is 0 Å². The van der Waals surface area contributed by atoms with Crippen LogP contribution in [-0.4, -0.2) is 27.2 Å². The maximum Gasteiger partial charge on any atom is 0.115 e. The van der Waals surface area contributed by atoms with Crippen molar-refractivity contribution in [2.75, 3.05) is 0 Å². The summed E-state index contributed by atoms with van der Waals surface area (Å²) in [5.74, 6) is 0. The number of fused-ring (bicyclic) bond motifs is 2. The van der Waals surface area contributed by atoms with Crippen molar-refractivity contribution < 1.29 is 5.11 Å². The van der Waals surface area contributed by atoms with Gasteiger partial charge in [0.05, 0.1) is 5.60 Å². The molecule has 2 saturated heterocycles. The first-order valence-corrected chi connectivity index (χ1v) is 6.00. The van der Waals surface area contributed by atoms with Crippen molar-refractivity contribution in [2.24, 2.45) is 0 Å². The molecule has 1 aromatic rings. The maximum atomic E-state index is 10.7. The van der Waals surface area contributed by atoms with Crippen molar-refractivity contribution in [3.05, 3.63) is 24.3 Å². The van der Waals surface area contributed by atoms with Crippen LogP contribution in [0.1, 0.15) is 37.7 Å². The van der Waals surface area contributed by atoms with Crippen LogP contribution < -0.4 is 5.32 Å². The van der Waals surface area contributed by atoms with E-state index in [1.807, 2.05) is 0 Å². The fraction of sp³-hybridized carbons (Fsp3) is 0.667. The number of piperidine rings is 2. The Balaban J connectivity index is 1.88. The van der Waals surface area contributed by atoms with E-state index in [2.05, 4.69) is 15.3 Å². The second kappa shape index (κ2) is 3.79. The Morgan fingerprint density at radius 3 is 2.44 bits per heavy atom. The van der Waals surface area contributed by atoms with Gasteiger partial charge in [-0.05, 0) is 25.7 Å². The predicted octanol–water partition coefficient (Wildman–Crippen LogP) is 0.969. The quantitative estimate of drug-likeness (QED) is 0.739. The van der Waals surface area contributed by atoms with Gasteiger partial charge in [0.25, 0.3) is 0 Å². The first-order chi connectivity index (χ1) is 7.76. The minimum atomic E-state index is -0.720. The summed E-state index contributed by atoms with van der Waals surface area (Å²) in [5, 5.41) is 14.3. The van der Waals surface area contributed by atoms with Gasteiger partial charge in [0, 0.05) is 30.0 Å². The van der Waals surface area contributed by atoms with Gasteiger partial charge in [-0.1, -0.05) is 6.42 Å². The van der Waals surface area contributed by atoms with E-state index in [9.17, 15) is 5.11 Å². The molecule has 0 saturated carbocycles. The number of nitrogens with one attached hydrogen (secondary N) is 1. The summed E-state index contributed by atoms with van der Waals surface area (Å²) < 4.78 is 0. The van der Waals surface area contributed by atoms with Crippen molar-refractivity contribution >= 4 is 0 Å². The van der Waals surface area contributed by atoms with E-state index in [4.69, 9.17) is 0 Å². The van der Waals surface area contributed by atoms with Crippen LogP contribution in [-0.2, 0) is 5.60 Å².